The third kappa shape index (κ3) is 2.14. The van der Waals surface area contributed by atoms with Crippen molar-refractivity contribution in [1.29, 1.82) is 0 Å². The van der Waals surface area contributed by atoms with Gasteiger partial charge in [-0.3, -0.25) is 9.59 Å². The van der Waals surface area contributed by atoms with Gasteiger partial charge in [0.25, 0.3) is 5.91 Å². The number of nitrogens with zero attached hydrogens (tertiary/aromatic N) is 1. The number of aromatic amines is 1. The molecule has 0 aliphatic carbocycles. The van der Waals surface area contributed by atoms with Crippen LogP contribution in [-0.4, -0.2) is 41.6 Å². The predicted octanol–water partition coefficient (Wildman–Crippen LogP) is 0.236. The number of hydrogen-bond acceptors (Lipinski definition) is 3. The van der Waals surface area contributed by atoms with Crippen molar-refractivity contribution in [3.05, 3.63) is 34.2 Å². The maximum absolute atomic E-state index is 12.1. The Balaban J connectivity index is 2.21. The highest BCUT2D eigenvalue weighted by molar-refractivity contribution is 5.92. The molecule has 1 aliphatic heterocycles. The number of hydrogen-bond donors (Lipinski definition) is 1. The number of amides is 1. The number of pyridine rings is 1. The van der Waals surface area contributed by atoms with Gasteiger partial charge >= 0.3 is 0 Å². The van der Waals surface area contributed by atoms with Gasteiger partial charge in [0.1, 0.15) is 5.69 Å². The van der Waals surface area contributed by atoms with Gasteiger partial charge in [-0.15, -0.1) is 0 Å². The first kappa shape index (κ1) is 10.9. The Morgan fingerprint density at radius 3 is 3.06 bits per heavy atom. The van der Waals surface area contributed by atoms with Crippen LogP contribution in [0.1, 0.15) is 17.4 Å². The van der Waals surface area contributed by atoms with E-state index in [1.165, 1.54) is 6.07 Å². The number of ether oxygens (including phenoxy) is 1. The van der Waals surface area contributed by atoms with Crippen molar-refractivity contribution in [1.82, 2.24) is 9.88 Å². The van der Waals surface area contributed by atoms with Crippen LogP contribution in [0.4, 0.5) is 0 Å². The lowest BCUT2D eigenvalue weighted by atomic mass is 10.2. The smallest absolute Gasteiger partial charge is 0.270 e. The van der Waals surface area contributed by atoms with Crippen LogP contribution in [0.3, 0.4) is 0 Å². The van der Waals surface area contributed by atoms with Gasteiger partial charge in [-0.25, -0.2) is 0 Å². The first-order valence-electron chi connectivity index (χ1n) is 5.26. The summed E-state index contributed by atoms with van der Waals surface area (Å²) in [5, 5.41) is 0. The lowest BCUT2D eigenvalue weighted by molar-refractivity contribution is 0.00326. The molecule has 1 fully saturated rings. The molecule has 5 nitrogen and oxygen atoms in total. The monoisotopic (exact) mass is 222 g/mol. The van der Waals surface area contributed by atoms with Crippen molar-refractivity contribution < 1.29 is 9.53 Å². The Kier molecular flexibility index (Phi) is 3.05. The number of aromatic nitrogens is 1. The molecule has 1 N–H and O–H groups in total. The van der Waals surface area contributed by atoms with E-state index >= 15 is 0 Å². The zero-order valence-electron chi connectivity index (χ0n) is 9.10. The van der Waals surface area contributed by atoms with Crippen LogP contribution in [0.15, 0.2) is 23.0 Å². The number of H-pyrrole nitrogens is 1. The molecule has 5 heteroatoms. The van der Waals surface area contributed by atoms with Crippen LogP contribution in [0.2, 0.25) is 0 Å². The lowest BCUT2D eigenvalue weighted by Crippen LogP contribution is -2.47. The van der Waals surface area contributed by atoms with Crippen molar-refractivity contribution >= 4 is 5.91 Å². The molecule has 1 aromatic rings. The number of carbonyl (C=O) groups excluding carboxylic acids is 1. The zero-order valence-corrected chi connectivity index (χ0v) is 9.10. The van der Waals surface area contributed by atoms with Gasteiger partial charge in [0, 0.05) is 12.6 Å². The average molecular weight is 222 g/mol. The van der Waals surface area contributed by atoms with Crippen molar-refractivity contribution in [2.45, 2.75) is 13.0 Å². The van der Waals surface area contributed by atoms with E-state index in [9.17, 15) is 9.59 Å². The highest BCUT2D eigenvalue weighted by Gasteiger charge is 2.24. The summed E-state index contributed by atoms with van der Waals surface area (Å²) < 4.78 is 5.26. The Morgan fingerprint density at radius 2 is 2.38 bits per heavy atom. The van der Waals surface area contributed by atoms with Crippen LogP contribution in [0.25, 0.3) is 0 Å². The standard InChI is InChI=1S/C11H14N2O3/c1-8-7-16-6-5-13(8)11(15)9-3-2-4-10(14)12-9/h2-4,8H,5-7H2,1H3,(H,12,14)/t8-/m1/s1. The van der Waals surface area contributed by atoms with E-state index in [4.69, 9.17) is 4.74 Å². The average Bonchev–Trinajstić information content (AvgIpc) is 2.29. The van der Waals surface area contributed by atoms with E-state index in [1.807, 2.05) is 6.92 Å². The Labute approximate surface area is 93.0 Å². The van der Waals surface area contributed by atoms with E-state index < -0.39 is 0 Å². The van der Waals surface area contributed by atoms with Gasteiger partial charge in [-0.2, -0.15) is 0 Å². The number of carbonyl (C=O) groups is 1. The summed E-state index contributed by atoms with van der Waals surface area (Å²) in [6.45, 7) is 3.59. The third-order valence-corrected chi connectivity index (χ3v) is 2.63. The van der Waals surface area contributed by atoms with E-state index in [2.05, 4.69) is 4.98 Å². The van der Waals surface area contributed by atoms with Crippen molar-refractivity contribution in [2.75, 3.05) is 19.8 Å². The normalized spacial score (nSPS) is 20.8. The topological polar surface area (TPSA) is 62.4 Å². The second kappa shape index (κ2) is 4.49. The highest BCUT2D eigenvalue weighted by atomic mass is 16.5. The Morgan fingerprint density at radius 1 is 1.56 bits per heavy atom. The fourth-order valence-corrected chi connectivity index (χ4v) is 1.76. The lowest BCUT2D eigenvalue weighted by Gasteiger charge is -2.33. The molecule has 0 bridgehead atoms. The SMILES string of the molecule is C[C@@H]1COCCN1C(=O)c1cccc(=O)[nH]1. The van der Waals surface area contributed by atoms with Gasteiger partial charge in [0.05, 0.1) is 19.3 Å². The van der Waals surface area contributed by atoms with E-state index in [1.54, 1.807) is 17.0 Å². The van der Waals surface area contributed by atoms with Crippen LogP contribution >= 0.6 is 0 Å². The van der Waals surface area contributed by atoms with Gasteiger partial charge in [-0.1, -0.05) is 6.07 Å². The molecule has 0 spiro atoms. The van der Waals surface area contributed by atoms with E-state index in [0.717, 1.165) is 0 Å². The molecule has 0 unspecified atom stereocenters. The summed E-state index contributed by atoms with van der Waals surface area (Å²) in [4.78, 5) is 27.4. The third-order valence-electron chi connectivity index (χ3n) is 2.63. The van der Waals surface area contributed by atoms with Crippen LogP contribution < -0.4 is 5.56 Å². The largest absolute Gasteiger partial charge is 0.377 e. The molecule has 0 aromatic carbocycles. The van der Waals surface area contributed by atoms with Crippen molar-refractivity contribution in [3.8, 4) is 0 Å². The second-order valence-electron chi connectivity index (χ2n) is 3.85. The quantitative estimate of drug-likeness (QED) is 0.740. The van der Waals surface area contributed by atoms with Crippen molar-refractivity contribution in [3.63, 3.8) is 0 Å². The Hall–Kier alpha value is -1.62. The predicted molar refractivity (Wildman–Crippen MR) is 58.4 cm³/mol. The first-order valence-corrected chi connectivity index (χ1v) is 5.26. The number of nitrogens with one attached hydrogen (secondary N) is 1. The molecular formula is C11H14N2O3. The second-order valence-corrected chi connectivity index (χ2v) is 3.85. The maximum Gasteiger partial charge on any atom is 0.270 e. The summed E-state index contributed by atoms with van der Waals surface area (Å²) in [5.41, 5.74) is 0.0769. The molecule has 86 valence electrons. The van der Waals surface area contributed by atoms with Gasteiger partial charge < -0.3 is 14.6 Å². The Bertz CT molecular complexity index is 441. The number of morpholine rings is 1. The fourth-order valence-electron chi connectivity index (χ4n) is 1.76. The fraction of sp³-hybridized carbons (Fsp3) is 0.455. The molecule has 1 aromatic heterocycles. The molecule has 1 atom stereocenters. The minimum atomic E-state index is -0.258. The van der Waals surface area contributed by atoms with Crippen molar-refractivity contribution in [2.24, 2.45) is 0 Å². The van der Waals surface area contributed by atoms with Gasteiger partial charge in [0.2, 0.25) is 5.56 Å². The highest BCUT2D eigenvalue weighted by Crippen LogP contribution is 2.09. The summed E-state index contributed by atoms with van der Waals surface area (Å²) in [6, 6.07) is 4.63. The molecule has 1 aliphatic rings. The van der Waals surface area contributed by atoms with E-state index in [0.29, 0.717) is 25.5 Å². The molecule has 2 heterocycles. The summed E-state index contributed by atoms with van der Waals surface area (Å²) >= 11 is 0. The van der Waals surface area contributed by atoms with Crippen LogP contribution in [-0.2, 0) is 4.74 Å². The summed E-state index contributed by atoms with van der Waals surface area (Å²) in [5.74, 6) is -0.145. The van der Waals surface area contributed by atoms with Gasteiger partial charge in [0.15, 0.2) is 0 Å². The van der Waals surface area contributed by atoms with E-state index in [-0.39, 0.29) is 17.5 Å². The summed E-state index contributed by atoms with van der Waals surface area (Å²) in [6.07, 6.45) is 0. The maximum atomic E-state index is 12.1. The minimum absolute atomic E-state index is 0.0463. The first-order chi connectivity index (χ1) is 7.68. The molecule has 0 saturated carbocycles. The molecule has 1 amide bonds. The van der Waals surface area contributed by atoms with Crippen LogP contribution in [0.5, 0.6) is 0 Å². The molecule has 16 heavy (non-hydrogen) atoms. The number of rotatable bonds is 1. The molecule has 1 saturated heterocycles. The van der Waals surface area contributed by atoms with Gasteiger partial charge in [-0.05, 0) is 13.0 Å². The van der Waals surface area contributed by atoms with Crippen LogP contribution in [0, 0.1) is 0 Å². The molecule has 0 radical (unpaired) electrons. The minimum Gasteiger partial charge on any atom is -0.377 e. The molecule has 2 rings (SSSR count). The molecular weight excluding hydrogens is 208 g/mol. The zero-order chi connectivity index (χ0) is 11.5. The summed E-state index contributed by atoms with van der Waals surface area (Å²) in [7, 11) is 0.